The molecule has 0 aromatic heterocycles. The van der Waals surface area contributed by atoms with Crippen LogP contribution in [0, 0.1) is 17.3 Å². The molecule has 1 fully saturated rings. The normalized spacial score (nSPS) is 29.1. The van der Waals surface area contributed by atoms with Gasteiger partial charge in [-0.15, -0.1) is 0 Å². The van der Waals surface area contributed by atoms with E-state index in [1.165, 1.54) is 12.8 Å². The van der Waals surface area contributed by atoms with Crippen LogP contribution in [0.3, 0.4) is 0 Å². The first-order chi connectivity index (χ1) is 7.87. The van der Waals surface area contributed by atoms with Crippen LogP contribution in [-0.2, 0) is 4.74 Å². The van der Waals surface area contributed by atoms with Crippen LogP contribution in [0.1, 0.15) is 54.4 Å². The first-order valence-corrected chi connectivity index (χ1v) is 7.22. The van der Waals surface area contributed by atoms with Crippen molar-refractivity contribution >= 4 is 0 Å². The second-order valence-electron chi connectivity index (χ2n) is 6.75. The van der Waals surface area contributed by atoms with Gasteiger partial charge in [0.15, 0.2) is 0 Å². The van der Waals surface area contributed by atoms with Crippen molar-refractivity contribution < 1.29 is 4.74 Å². The predicted octanol–water partition coefficient (Wildman–Crippen LogP) is 3.46. The summed E-state index contributed by atoms with van der Waals surface area (Å²) < 4.78 is 5.98. The molecule has 17 heavy (non-hydrogen) atoms. The van der Waals surface area contributed by atoms with Crippen LogP contribution < -0.4 is 5.32 Å². The molecule has 0 radical (unpaired) electrons. The molecule has 0 aliphatic heterocycles. The third-order valence-electron chi connectivity index (χ3n) is 4.22. The Hall–Kier alpha value is -0.0800. The van der Waals surface area contributed by atoms with E-state index in [0.717, 1.165) is 19.1 Å². The maximum absolute atomic E-state index is 5.98. The minimum atomic E-state index is 0.294. The third-order valence-corrected chi connectivity index (χ3v) is 4.22. The highest BCUT2D eigenvalue weighted by Crippen LogP contribution is 2.42. The number of nitrogens with one attached hydrogen (secondary N) is 1. The molecule has 0 aromatic rings. The van der Waals surface area contributed by atoms with Crippen LogP contribution in [0.4, 0.5) is 0 Å². The van der Waals surface area contributed by atoms with Gasteiger partial charge in [-0.25, -0.2) is 0 Å². The molecule has 2 nitrogen and oxygen atoms in total. The average molecular weight is 241 g/mol. The smallest absolute Gasteiger partial charge is 0.0656 e. The van der Waals surface area contributed by atoms with Gasteiger partial charge >= 0.3 is 0 Å². The van der Waals surface area contributed by atoms with Gasteiger partial charge in [-0.3, -0.25) is 0 Å². The van der Waals surface area contributed by atoms with Gasteiger partial charge in [0.2, 0.25) is 0 Å². The van der Waals surface area contributed by atoms with Gasteiger partial charge in [0.1, 0.15) is 0 Å². The van der Waals surface area contributed by atoms with Crippen LogP contribution in [0.2, 0.25) is 0 Å². The zero-order valence-corrected chi connectivity index (χ0v) is 12.5. The molecule has 0 aromatic carbocycles. The Kier molecular flexibility index (Phi) is 5.46. The summed E-state index contributed by atoms with van der Waals surface area (Å²) in [4.78, 5) is 0. The monoisotopic (exact) mass is 241 g/mol. The molecule has 0 bridgehead atoms. The summed E-state index contributed by atoms with van der Waals surface area (Å²) in [5, 5.41) is 3.70. The molecule has 0 heterocycles. The second kappa shape index (κ2) is 6.19. The topological polar surface area (TPSA) is 21.3 Å². The van der Waals surface area contributed by atoms with Crippen molar-refractivity contribution in [3.05, 3.63) is 0 Å². The first kappa shape index (κ1) is 15.0. The predicted molar refractivity (Wildman–Crippen MR) is 74.2 cm³/mol. The van der Waals surface area contributed by atoms with E-state index >= 15 is 0 Å². The standard InChI is InChI=1S/C15H31NO/c1-7-12(4)9-16-13-8-14(15(13,5)6)17-10-11(2)3/h11-14,16H,7-10H2,1-6H3. The van der Waals surface area contributed by atoms with Crippen molar-refractivity contribution in [3.8, 4) is 0 Å². The highest BCUT2D eigenvalue weighted by atomic mass is 16.5. The molecule has 102 valence electrons. The summed E-state index contributed by atoms with van der Waals surface area (Å²) in [6.45, 7) is 15.7. The van der Waals surface area contributed by atoms with Crippen molar-refractivity contribution in [2.75, 3.05) is 13.2 Å². The Balaban J connectivity index is 2.28. The highest BCUT2D eigenvalue weighted by Gasteiger charge is 2.48. The molecular weight excluding hydrogens is 210 g/mol. The van der Waals surface area contributed by atoms with Gasteiger partial charge in [-0.1, -0.05) is 48.0 Å². The van der Waals surface area contributed by atoms with Gasteiger partial charge in [0.05, 0.1) is 6.10 Å². The van der Waals surface area contributed by atoms with E-state index < -0.39 is 0 Å². The molecule has 0 spiro atoms. The minimum Gasteiger partial charge on any atom is -0.377 e. The number of rotatable bonds is 7. The van der Waals surface area contributed by atoms with Crippen LogP contribution >= 0.6 is 0 Å². The summed E-state index contributed by atoms with van der Waals surface area (Å²) >= 11 is 0. The Bertz CT molecular complexity index is 225. The zero-order valence-electron chi connectivity index (χ0n) is 12.5. The van der Waals surface area contributed by atoms with E-state index in [-0.39, 0.29) is 0 Å². The summed E-state index contributed by atoms with van der Waals surface area (Å²) in [6.07, 6.45) is 2.88. The summed E-state index contributed by atoms with van der Waals surface area (Å²) in [5.41, 5.74) is 0.294. The molecule has 2 heteroatoms. The molecule has 3 unspecified atom stereocenters. The summed E-state index contributed by atoms with van der Waals surface area (Å²) in [7, 11) is 0. The van der Waals surface area contributed by atoms with E-state index in [1.54, 1.807) is 0 Å². The third kappa shape index (κ3) is 3.96. The molecule has 3 atom stereocenters. The van der Waals surface area contributed by atoms with E-state index in [1.807, 2.05) is 0 Å². The maximum Gasteiger partial charge on any atom is 0.0656 e. The van der Waals surface area contributed by atoms with E-state index in [4.69, 9.17) is 4.74 Å². The lowest BCUT2D eigenvalue weighted by Gasteiger charge is -2.52. The van der Waals surface area contributed by atoms with Gasteiger partial charge < -0.3 is 10.1 Å². The molecule has 1 rings (SSSR count). The molecule has 1 N–H and O–H groups in total. The van der Waals surface area contributed by atoms with Crippen LogP contribution in [0.15, 0.2) is 0 Å². The second-order valence-corrected chi connectivity index (χ2v) is 6.75. The highest BCUT2D eigenvalue weighted by molar-refractivity contribution is 5.02. The molecule has 0 amide bonds. The average Bonchev–Trinajstić information content (AvgIpc) is 2.26. The van der Waals surface area contributed by atoms with E-state index in [9.17, 15) is 0 Å². The van der Waals surface area contributed by atoms with Gasteiger partial charge in [0.25, 0.3) is 0 Å². The summed E-state index contributed by atoms with van der Waals surface area (Å²) in [5.74, 6) is 1.42. The van der Waals surface area contributed by atoms with E-state index in [0.29, 0.717) is 23.5 Å². The molecule has 1 saturated carbocycles. The zero-order chi connectivity index (χ0) is 13.1. The molecule has 1 aliphatic carbocycles. The molecule has 0 saturated heterocycles. The first-order valence-electron chi connectivity index (χ1n) is 7.22. The van der Waals surface area contributed by atoms with E-state index in [2.05, 4.69) is 46.9 Å². The van der Waals surface area contributed by atoms with Gasteiger partial charge in [-0.2, -0.15) is 0 Å². The Morgan fingerprint density at radius 3 is 2.41 bits per heavy atom. The fourth-order valence-electron chi connectivity index (χ4n) is 2.31. The number of ether oxygens (including phenoxy) is 1. The number of hydrogen-bond acceptors (Lipinski definition) is 2. The molecule has 1 aliphatic rings. The lowest BCUT2D eigenvalue weighted by atomic mass is 9.64. The molecular formula is C15H31NO. The van der Waals surface area contributed by atoms with Crippen LogP contribution in [0.5, 0.6) is 0 Å². The van der Waals surface area contributed by atoms with Crippen molar-refractivity contribution in [2.45, 2.75) is 66.5 Å². The van der Waals surface area contributed by atoms with Crippen molar-refractivity contribution in [1.82, 2.24) is 5.32 Å². The Morgan fingerprint density at radius 2 is 1.94 bits per heavy atom. The minimum absolute atomic E-state index is 0.294. The van der Waals surface area contributed by atoms with Gasteiger partial charge in [-0.05, 0) is 24.8 Å². The Labute approximate surface area is 108 Å². The maximum atomic E-state index is 5.98. The fraction of sp³-hybridized carbons (Fsp3) is 1.00. The summed E-state index contributed by atoms with van der Waals surface area (Å²) in [6, 6.07) is 0.633. The lowest BCUT2D eigenvalue weighted by molar-refractivity contribution is -0.124. The quantitative estimate of drug-likeness (QED) is 0.737. The van der Waals surface area contributed by atoms with Crippen molar-refractivity contribution in [1.29, 1.82) is 0 Å². The van der Waals surface area contributed by atoms with Crippen LogP contribution in [0.25, 0.3) is 0 Å². The van der Waals surface area contributed by atoms with Crippen molar-refractivity contribution in [2.24, 2.45) is 17.3 Å². The fourth-order valence-corrected chi connectivity index (χ4v) is 2.31. The lowest BCUT2D eigenvalue weighted by Crippen LogP contribution is -2.61. The number of hydrogen-bond donors (Lipinski definition) is 1. The largest absolute Gasteiger partial charge is 0.377 e. The van der Waals surface area contributed by atoms with Crippen LogP contribution in [-0.4, -0.2) is 25.3 Å². The van der Waals surface area contributed by atoms with Gasteiger partial charge in [0, 0.05) is 18.1 Å². The van der Waals surface area contributed by atoms with Crippen molar-refractivity contribution in [3.63, 3.8) is 0 Å². The SMILES string of the molecule is CCC(C)CNC1CC(OCC(C)C)C1(C)C. The Morgan fingerprint density at radius 1 is 1.29 bits per heavy atom.